The predicted molar refractivity (Wildman–Crippen MR) is 81.8 cm³/mol. The number of methoxy groups -OCH3 is 1. The fraction of sp³-hybridized carbons (Fsp3) is 0.500. The standard InChI is InChI=1S/C16H22N2O4/c1-16(2)12(8-13(16)22-3)18-15(21)17-9-10-4-6-11(7-5-10)14(19)20/h4-7,12-13H,8-9H2,1-3H3,(H,19,20)(H2,17,18,21). The zero-order valence-corrected chi connectivity index (χ0v) is 13.1. The van der Waals surface area contributed by atoms with E-state index in [1.807, 2.05) is 0 Å². The second-order valence-electron chi connectivity index (χ2n) is 6.16. The van der Waals surface area contributed by atoms with Crippen LogP contribution in [0.2, 0.25) is 0 Å². The van der Waals surface area contributed by atoms with Crippen molar-refractivity contribution in [2.24, 2.45) is 5.41 Å². The van der Waals surface area contributed by atoms with E-state index >= 15 is 0 Å². The van der Waals surface area contributed by atoms with Gasteiger partial charge in [-0.25, -0.2) is 9.59 Å². The molecule has 6 heteroatoms. The molecule has 0 radical (unpaired) electrons. The molecule has 0 aliphatic heterocycles. The molecule has 2 unspecified atom stereocenters. The van der Waals surface area contributed by atoms with Crippen LogP contribution in [0.25, 0.3) is 0 Å². The summed E-state index contributed by atoms with van der Waals surface area (Å²) in [5, 5.41) is 14.6. The maximum Gasteiger partial charge on any atom is 0.335 e. The maximum atomic E-state index is 11.9. The number of hydrogen-bond acceptors (Lipinski definition) is 3. The number of aromatic carboxylic acids is 1. The highest BCUT2D eigenvalue weighted by Gasteiger charge is 2.49. The first-order valence-electron chi connectivity index (χ1n) is 7.24. The van der Waals surface area contributed by atoms with Crippen LogP contribution in [-0.4, -0.2) is 36.4 Å². The van der Waals surface area contributed by atoms with Crippen molar-refractivity contribution < 1.29 is 19.4 Å². The van der Waals surface area contributed by atoms with E-state index in [0.717, 1.165) is 12.0 Å². The van der Waals surface area contributed by atoms with Gasteiger partial charge < -0.3 is 20.5 Å². The van der Waals surface area contributed by atoms with Crippen LogP contribution in [0.4, 0.5) is 4.79 Å². The Morgan fingerprint density at radius 1 is 1.32 bits per heavy atom. The van der Waals surface area contributed by atoms with Crippen molar-refractivity contribution in [3.63, 3.8) is 0 Å². The summed E-state index contributed by atoms with van der Waals surface area (Å²) in [4.78, 5) is 22.7. The molecule has 2 rings (SSSR count). The Hall–Kier alpha value is -2.08. The Morgan fingerprint density at radius 2 is 1.95 bits per heavy atom. The summed E-state index contributed by atoms with van der Waals surface area (Å²) < 4.78 is 5.35. The molecule has 1 aliphatic carbocycles. The summed E-state index contributed by atoms with van der Waals surface area (Å²) >= 11 is 0. The number of carbonyl (C=O) groups is 2. The number of nitrogens with one attached hydrogen (secondary N) is 2. The van der Waals surface area contributed by atoms with Crippen LogP contribution < -0.4 is 10.6 Å². The molecule has 0 bridgehead atoms. The first-order chi connectivity index (χ1) is 10.3. The van der Waals surface area contributed by atoms with Gasteiger partial charge in [0.15, 0.2) is 0 Å². The average molecular weight is 306 g/mol. The molecule has 2 atom stereocenters. The quantitative estimate of drug-likeness (QED) is 0.776. The fourth-order valence-electron chi connectivity index (χ4n) is 2.69. The van der Waals surface area contributed by atoms with Crippen LogP contribution in [0.5, 0.6) is 0 Å². The van der Waals surface area contributed by atoms with Crippen molar-refractivity contribution in [3.8, 4) is 0 Å². The Labute approximate surface area is 129 Å². The van der Waals surface area contributed by atoms with E-state index in [4.69, 9.17) is 9.84 Å². The number of amides is 2. The number of benzene rings is 1. The highest BCUT2D eigenvalue weighted by molar-refractivity contribution is 5.87. The van der Waals surface area contributed by atoms with Gasteiger partial charge in [0.2, 0.25) is 0 Å². The summed E-state index contributed by atoms with van der Waals surface area (Å²) in [6, 6.07) is 6.29. The van der Waals surface area contributed by atoms with Gasteiger partial charge in [-0.15, -0.1) is 0 Å². The van der Waals surface area contributed by atoms with Crippen molar-refractivity contribution in [2.75, 3.05) is 7.11 Å². The highest BCUT2D eigenvalue weighted by Crippen LogP contribution is 2.42. The van der Waals surface area contributed by atoms with Crippen molar-refractivity contribution in [1.29, 1.82) is 0 Å². The van der Waals surface area contributed by atoms with Crippen LogP contribution in [0, 0.1) is 5.41 Å². The summed E-state index contributed by atoms with van der Waals surface area (Å²) in [6.45, 7) is 4.49. The zero-order chi connectivity index (χ0) is 16.3. The largest absolute Gasteiger partial charge is 0.478 e. The normalized spacial score (nSPS) is 22.5. The lowest BCUT2D eigenvalue weighted by molar-refractivity contribution is -0.0935. The van der Waals surface area contributed by atoms with E-state index in [0.29, 0.717) is 6.54 Å². The summed E-state index contributed by atoms with van der Waals surface area (Å²) in [5.41, 5.74) is 1.01. The van der Waals surface area contributed by atoms with E-state index in [1.165, 1.54) is 12.1 Å². The fourth-order valence-corrected chi connectivity index (χ4v) is 2.69. The van der Waals surface area contributed by atoms with Crippen molar-refractivity contribution in [2.45, 2.75) is 39.0 Å². The summed E-state index contributed by atoms with van der Waals surface area (Å²) in [5.74, 6) is -0.961. The molecular formula is C16H22N2O4. The predicted octanol–water partition coefficient (Wildman–Crippen LogP) is 2.00. The average Bonchev–Trinajstić information content (AvgIpc) is 2.49. The molecule has 1 saturated carbocycles. The molecule has 3 N–H and O–H groups in total. The third-order valence-corrected chi connectivity index (χ3v) is 4.42. The minimum absolute atomic E-state index is 0.0742. The summed E-state index contributed by atoms with van der Waals surface area (Å²) in [7, 11) is 1.68. The van der Waals surface area contributed by atoms with E-state index in [2.05, 4.69) is 24.5 Å². The van der Waals surface area contributed by atoms with Gasteiger partial charge in [-0.2, -0.15) is 0 Å². The maximum absolute atomic E-state index is 11.9. The van der Waals surface area contributed by atoms with Crippen molar-refractivity contribution in [3.05, 3.63) is 35.4 Å². The lowest BCUT2D eigenvalue weighted by Gasteiger charge is -2.51. The molecule has 0 aromatic heterocycles. The van der Waals surface area contributed by atoms with Crippen LogP contribution in [-0.2, 0) is 11.3 Å². The van der Waals surface area contributed by atoms with Gasteiger partial charge in [-0.05, 0) is 24.1 Å². The van der Waals surface area contributed by atoms with Gasteiger partial charge in [-0.1, -0.05) is 26.0 Å². The number of carbonyl (C=O) groups excluding carboxylic acids is 1. The number of carboxylic acids is 1. The van der Waals surface area contributed by atoms with Crippen LogP contribution in [0.1, 0.15) is 36.2 Å². The van der Waals surface area contributed by atoms with Crippen molar-refractivity contribution in [1.82, 2.24) is 10.6 Å². The Kier molecular flexibility index (Phi) is 4.71. The van der Waals surface area contributed by atoms with E-state index < -0.39 is 5.97 Å². The topological polar surface area (TPSA) is 87.7 Å². The van der Waals surface area contributed by atoms with Gasteiger partial charge in [0.05, 0.1) is 11.7 Å². The molecule has 120 valence electrons. The van der Waals surface area contributed by atoms with Crippen LogP contribution >= 0.6 is 0 Å². The zero-order valence-electron chi connectivity index (χ0n) is 13.1. The number of hydrogen-bond donors (Lipinski definition) is 3. The Balaban J connectivity index is 1.80. The van der Waals surface area contributed by atoms with Gasteiger partial charge in [0.25, 0.3) is 0 Å². The van der Waals surface area contributed by atoms with Crippen molar-refractivity contribution >= 4 is 12.0 Å². The lowest BCUT2D eigenvalue weighted by atomic mass is 9.64. The summed E-state index contributed by atoms with van der Waals surface area (Å²) in [6.07, 6.45) is 0.978. The number of carboxylic acid groups (broad SMARTS) is 1. The number of urea groups is 1. The Bertz CT molecular complexity index is 554. The van der Waals surface area contributed by atoms with E-state index in [9.17, 15) is 9.59 Å². The molecule has 6 nitrogen and oxygen atoms in total. The molecule has 0 spiro atoms. The van der Waals surface area contributed by atoms with Crippen LogP contribution in [0.15, 0.2) is 24.3 Å². The molecule has 2 amide bonds. The molecule has 22 heavy (non-hydrogen) atoms. The number of rotatable bonds is 5. The third kappa shape index (κ3) is 3.39. The molecule has 0 heterocycles. The second kappa shape index (κ2) is 6.36. The molecule has 1 aromatic carbocycles. The first kappa shape index (κ1) is 16.3. The molecule has 1 aromatic rings. The van der Waals surface area contributed by atoms with E-state index in [-0.39, 0.29) is 29.2 Å². The lowest BCUT2D eigenvalue weighted by Crippen LogP contribution is -2.62. The molecule has 1 fully saturated rings. The van der Waals surface area contributed by atoms with Gasteiger partial charge in [0.1, 0.15) is 0 Å². The monoisotopic (exact) mass is 306 g/mol. The SMILES string of the molecule is COC1CC(NC(=O)NCc2ccc(C(=O)O)cc2)C1(C)C. The second-order valence-corrected chi connectivity index (χ2v) is 6.16. The first-order valence-corrected chi connectivity index (χ1v) is 7.24. The van der Waals surface area contributed by atoms with E-state index in [1.54, 1.807) is 19.2 Å². The van der Waals surface area contributed by atoms with Crippen LogP contribution in [0.3, 0.4) is 0 Å². The molecule has 1 aliphatic rings. The number of ether oxygens (including phenoxy) is 1. The highest BCUT2D eigenvalue weighted by atomic mass is 16.5. The Morgan fingerprint density at radius 3 is 2.45 bits per heavy atom. The minimum atomic E-state index is -0.961. The third-order valence-electron chi connectivity index (χ3n) is 4.42. The smallest absolute Gasteiger partial charge is 0.335 e. The van der Waals surface area contributed by atoms with Gasteiger partial charge in [-0.3, -0.25) is 0 Å². The van der Waals surface area contributed by atoms with Gasteiger partial charge in [0, 0.05) is 25.1 Å². The molecular weight excluding hydrogens is 284 g/mol. The van der Waals surface area contributed by atoms with Gasteiger partial charge >= 0.3 is 12.0 Å². The molecule has 0 saturated heterocycles. The minimum Gasteiger partial charge on any atom is -0.478 e.